The van der Waals surface area contributed by atoms with Crippen molar-refractivity contribution in [2.45, 2.75) is 44.9 Å². The minimum Gasteiger partial charge on any atom is -0.206 e. The van der Waals surface area contributed by atoms with Crippen molar-refractivity contribution >= 4 is 10.8 Å². The van der Waals surface area contributed by atoms with E-state index >= 15 is 0 Å². The molecule has 1 fully saturated rings. The molecule has 0 radical (unpaired) electrons. The average Bonchev–Trinajstić information content (AvgIpc) is 2.77. The van der Waals surface area contributed by atoms with Gasteiger partial charge in [0.25, 0.3) is 0 Å². The molecule has 0 heterocycles. The smallest absolute Gasteiger partial charge is 0.195 e. The molecule has 1 saturated carbocycles. The summed E-state index contributed by atoms with van der Waals surface area (Å²) in [4.78, 5) is 0. The number of rotatable bonds is 2. The molecular formula is C26H21F5. The Bertz CT molecular complexity index is 1170. The zero-order valence-corrected chi connectivity index (χ0v) is 17.0. The van der Waals surface area contributed by atoms with E-state index in [2.05, 4.69) is 18.8 Å². The fraction of sp³-hybridized carbons (Fsp3) is 0.308. The van der Waals surface area contributed by atoms with Crippen LogP contribution in [0.25, 0.3) is 10.8 Å². The van der Waals surface area contributed by atoms with Gasteiger partial charge in [0.2, 0.25) is 0 Å². The Morgan fingerprint density at radius 2 is 1.45 bits per heavy atom. The Balaban J connectivity index is 1.61. The van der Waals surface area contributed by atoms with Crippen LogP contribution in [0.4, 0.5) is 22.0 Å². The van der Waals surface area contributed by atoms with E-state index < -0.39 is 29.1 Å². The van der Waals surface area contributed by atoms with E-state index in [9.17, 15) is 22.0 Å². The van der Waals surface area contributed by atoms with Gasteiger partial charge in [-0.3, -0.25) is 0 Å². The van der Waals surface area contributed by atoms with Crippen LogP contribution < -0.4 is 0 Å². The van der Waals surface area contributed by atoms with Crippen molar-refractivity contribution < 1.29 is 22.0 Å². The van der Waals surface area contributed by atoms with Crippen molar-refractivity contribution in [3.05, 3.63) is 82.2 Å². The molecule has 1 aliphatic carbocycles. The van der Waals surface area contributed by atoms with Crippen molar-refractivity contribution in [1.29, 1.82) is 0 Å². The SMILES string of the molecule is CCC1CCC(c2cc(F)c(C#Cc3ccc4c(F)c(F)c(F)cc4c3)c(F)c2)CC1. The van der Waals surface area contributed by atoms with Gasteiger partial charge in [-0.1, -0.05) is 31.3 Å². The maximum atomic E-state index is 14.6. The molecular weight excluding hydrogens is 407 g/mol. The average molecular weight is 428 g/mol. The molecule has 5 heteroatoms. The molecule has 0 nitrogen and oxygen atoms in total. The van der Waals surface area contributed by atoms with Gasteiger partial charge in [0.15, 0.2) is 17.5 Å². The molecule has 3 aromatic rings. The first-order valence-corrected chi connectivity index (χ1v) is 10.5. The third-order valence-electron chi connectivity index (χ3n) is 6.26. The molecule has 0 N–H and O–H groups in total. The van der Waals surface area contributed by atoms with Crippen LogP contribution in [0, 0.1) is 46.8 Å². The topological polar surface area (TPSA) is 0 Å². The maximum Gasteiger partial charge on any atom is 0.195 e. The zero-order valence-electron chi connectivity index (χ0n) is 17.0. The van der Waals surface area contributed by atoms with Crippen LogP contribution in [0.5, 0.6) is 0 Å². The number of halogens is 5. The summed E-state index contributed by atoms with van der Waals surface area (Å²) in [5.74, 6) is 0.384. The Morgan fingerprint density at radius 1 is 0.774 bits per heavy atom. The first kappa shape index (κ1) is 21.4. The first-order chi connectivity index (χ1) is 14.9. The largest absolute Gasteiger partial charge is 0.206 e. The van der Waals surface area contributed by atoms with Crippen LogP contribution in [0.15, 0.2) is 36.4 Å². The number of hydrogen-bond acceptors (Lipinski definition) is 0. The van der Waals surface area contributed by atoms with Gasteiger partial charge in [-0.25, -0.2) is 22.0 Å². The Kier molecular flexibility index (Phi) is 6.00. The number of fused-ring (bicyclic) bond motifs is 1. The fourth-order valence-electron chi connectivity index (χ4n) is 4.37. The third kappa shape index (κ3) is 4.30. The van der Waals surface area contributed by atoms with Crippen molar-refractivity contribution in [3.8, 4) is 11.8 Å². The minimum absolute atomic E-state index is 0.0936. The summed E-state index contributed by atoms with van der Waals surface area (Å²) in [6.07, 6.45) is 5.12. The van der Waals surface area contributed by atoms with Gasteiger partial charge in [0.05, 0.1) is 5.56 Å². The molecule has 0 unspecified atom stereocenters. The van der Waals surface area contributed by atoms with Crippen LogP contribution in [0.3, 0.4) is 0 Å². The van der Waals surface area contributed by atoms with Crippen LogP contribution in [0.1, 0.15) is 61.6 Å². The zero-order chi connectivity index (χ0) is 22.1. The van der Waals surface area contributed by atoms with E-state index in [1.54, 1.807) is 0 Å². The Labute approximate surface area is 178 Å². The Morgan fingerprint density at radius 3 is 2.10 bits per heavy atom. The van der Waals surface area contributed by atoms with Crippen molar-refractivity contribution in [3.63, 3.8) is 0 Å². The molecule has 4 rings (SSSR count). The quantitative estimate of drug-likeness (QED) is 0.224. The molecule has 0 saturated heterocycles. The second-order valence-corrected chi connectivity index (χ2v) is 8.16. The van der Waals surface area contributed by atoms with Gasteiger partial charge in [-0.15, -0.1) is 0 Å². The highest BCUT2D eigenvalue weighted by atomic mass is 19.2. The molecule has 0 bridgehead atoms. The second-order valence-electron chi connectivity index (χ2n) is 8.16. The monoisotopic (exact) mass is 428 g/mol. The number of hydrogen-bond donors (Lipinski definition) is 0. The lowest BCUT2D eigenvalue weighted by molar-refractivity contribution is 0.318. The van der Waals surface area contributed by atoms with Gasteiger partial charge in [0.1, 0.15) is 11.6 Å². The standard InChI is InChI=1S/C26H21F5/c1-2-15-3-7-17(8-4-15)18-12-22(27)21(23(28)13-18)10-6-16-5-9-20-19(11-16)14-24(29)26(31)25(20)30/h5,9,11-15,17H,2-4,7-8H2,1H3. The van der Waals surface area contributed by atoms with E-state index in [1.165, 1.54) is 30.3 Å². The maximum absolute atomic E-state index is 14.6. The van der Waals surface area contributed by atoms with Crippen molar-refractivity contribution in [1.82, 2.24) is 0 Å². The summed E-state index contributed by atoms with van der Waals surface area (Å²) in [7, 11) is 0. The molecule has 0 aliphatic heterocycles. The van der Waals surface area contributed by atoms with Gasteiger partial charge in [-0.05, 0) is 78.8 Å². The lowest BCUT2D eigenvalue weighted by Crippen LogP contribution is -2.13. The Hall–Kier alpha value is -2.87. The highest BCUT2D eigenvalue weighted by Gasteiger charge is 2.23. The van der Waals surface area contributed by atoms with E-state index in [1.807, 2.05) is 0 Å². The summed E-state index contributed by atoms with van der Waals surface area (Å²) in [6, 6.07) is 7.59. The second kappa shape index (κ2) is 8.70. The summed E-state index contributed by atoms with van der Waals surface area (Å²) >= 11 is 0. The van der Waals surface area contributed by atoms with E-state index in [-0.39, 0.29) is 22.3 Å². The molecule has 0 spiro atoms. The molecule has 0 atom stereocenters. The molecule has 3 aromatic carbocycles. The van der Waals surface area contributed by atoms with Crippen LogP contribution in [-0.4, -0.2) is 0 Å². The molecule has 160 valence electrons. The normalized spacial score (nSPS) is 18.6. The fourth-order valence-corrected chi connectivity index (χ4v) is 4.37. The lowest BCUT2D eigenvalue weighted by atomic mass is 9.77. The highest BCUT2D eigenvalue weighted by Crippen LogP contribution is 2.37. The van der Waals surface area contributed by atoms with E-state index in [0.717, 1.165) is 38.2 Å². The molecule has 0 aromatic heterocycles. The predicted molar refractivity (Wildman–Crippen MR) is 111 cm³/mol. The minimum atomic E-state index is -1.54. The third-order valence-corrected chi connectivity index (χ3v) is 6.26. The van der Waals surface area contributed by atoms with Gasteiger partial charge < -0.3 is 0 Å². The summed E-state index contributed by atoms with van der Waals surface area (Å²) < 4.78 is 69.9. The van der Waals surface area contributed by atoms with Gasteiger partial charge >= 0.3 is 0 Å². The summed E-state index contributed by atoms with van der Waals surface area (Å²) in [5, 5.41) is 0.0196. The first-order valence-electron chi connectivity index (χ1n) is 10.5. The summed E-state index contributed by atoms with van der Waals surface area (Å²) in [6.45, 7) is 2.17. The van der Waals surface area contributed by atoms with Crippen molar-refractivity contribution in [2.75, 3.05) is 0 Å². The van der Waals surface area contributed by atoms with Crippen molar-refractivity contribution in [2.24, 2.45) is 5.92 Å². The lowest BCUT2D eigenvalue weighted by Gasteiger charge is -2.28. The van der Waals surface area contributed by atoms with E-state index in [4.69, 9.17) is 0 Å². The summed E-state index contributed by atoms with van der Waals surface area (Å²) in [5.41, 5.74) is 0.620. The molecule has 31 heavy (non-hydrogen) atoms. The van der Waals surface area contributed by atoms with Crippen LogP contribution in [0.2, 0.25) is 0 Å². The molecule has 1 aliphatic rings. The van der Waals surface area contributed by atoms with E-state index in [0.29, 0.717) is 17.0 Å². The predicted octanol–water partition coefficient (Wildman–Crippen LogP) is 7.62. The van der Waals surface area contributed by atoms with Gasteiger partial charge in [-0.2, -0.15) is 0 Å². The van der Waals surface area contributed by atoms with Crippen LogP contribution >= 0.6 is 0 Å². The van der Waals surface area contributed by atoms with Gasteiger partial charge in [0, 0.05) is 10.9 Å². The molecule has 0 amide bonds. The highest BCUT2D eigenvalue weighted by molar-refractivity contribution is 5.84. The number of benzene rings is 3. The van der Waals surface area contributed by atoms with Crippen LogP contribution in [-0.2, 0) is 0 Å².